The number of rotatable bonds is 6. The fraction of sp³-hybridized carbons (Fsp3) is 0.471. The van der Waals surface area contributed by atoms with E-state index in [1.807, 2.05) is 29.8 Å². The highest BCUT2D eigenvalue weighted by atomic mass is 32.1. The summed E-state index contributed by atoms with van der Waals surface area (Å²) < 4.78 is 0. The van der Waals surface area contributed by atoms with Crippen molar-refractivity contribution in [1.29, 1.82) is 0 Å². The van der Waals surface area contributed by atoms with Crippen LogP contribution in [-0.4, -0.2) is 11.5 Å². The lowest BCUT2D eigenvalue weighted by Crippen LogP contribution is -2.23. The van der Waals surface area contributed by atoms with Crippen molar-refractivity contribution in [2.24, 2.45) is 0 Å². The molecule has 1 unspecified atom stereocenters. The molecule has 3 rings (SSSR count). The summed E-state index contributed by atoms with van der Waals surface area (Å²) >= 11 is 2.02. The standard InChI is InChI=1S/C17H22N2S/c1-2-8-19-15(10-13-5-4-9-18-12-13)17-11-14-6-3-7-16(14)20-17/h4-5,9,11-12,15,19H,2-3,6-8,10H2,1H3. The van der Waals surface area contributed by atoms with Crippen LogP contribution >= 0.6 is 11.3 Å². The average molecular weight is 286 g/mol. The normalized spacial score (nSPS) is 15.2. The van der Waals surface area contributed by atoms with E-state index >= 15 is 0 Å². The summed E-state index contributed by atoms with van der Waals surface area (Å²) in [6.45, 7) is 3.30. The van der Waals surface area contributed by atoms with Gasteiger partial charge >= 0.3 is 0 Å². The Kier molecular flexibility index (Phi) is 4.48. The number of aromatic nitrogens is 1. The molecular formula is C17H22N2S. The zero-order valence-corrected chi connectivity index (χ0v) is 12.9. The van der Waals surface area contributed by atoms with Gasteiger partial charge < -0.3 is 5.32 Å². The fourth-order valence-corrected chi connectivity index (χ4v) is 4.20. The highest BCUT2D eigenvalue weighted by Crippen LogP contribution is 2.34. The zero-order chi connectivity index (χ0) is 13.8. The van der Waals surface area contributed by atoms with E-state index < -0.39 is 0 Å². The molecule has 1 aliphatic rings. The van der Waals surface area contributed by atoms with Gasteiger partial charge in [-0.2, -0.15) is 0 Å². The van der Waals surface area contributed by atoms with Crippen LogP contribution in [0.1, 0.15) is 46.7 Å². The minimum atomic E-state index is 0.440. The van der Waals surface area contributed by atoms with Gasteiger partial charge in [0.15, 0.2) is 0 Å². The van der Waals surface area contributed by atoms with E-state index in [0.717, 1.165) is 13.0 Å². The Hall–Kier alpha value is -1.19. The number of nitrogens with one attached hydrogen (secondary N) is 1. The van der Waals surface area contributed by atoms with Crippen molar-refractivity contribution in [2.45, 2.75) is 45.1 Å². The van der Waals surface area contributed by atoms with Crippen molar-refractivity contribution in [3.05, 3.63) is 51.5 Å². The second-order valence-corrected chi connectivity index (χ2v) is 6.69. The summed E-state index contributed by atoms with van der Waals surface area (Å²) in [6, 6.07) is 7.08. The number of pyridine rings is 1. The fourth-order valence-electron chi connectivity index (χ4n) is 2.87. The number of aryl methyl sites for hydroxylation is 2. The highest BCUT2D eigenvalue weighted by Gasteiger charge is 2.20. The summed E-state index contributed by atoms with van der Waals surface area (Å²) in [7, 11) is 0. The first-order valence-electron chi connectivity index (χ1n) is 7.60. The summed E-state index contributed by atoms with van der Waals surface area (Å²) in [4.78, 5) is 7.36. The highest BCUT2D eigenvalue weighted by molar-refractivity contribution is 7.12. The molecule has 1 aliphatic carbocycles. The number of hydrogen-bond acceptors (Lipinski definition) is 3. The Labute approximate surface area is 125 Å². The van der Waals surface area contributed by atoms with Gasteiger partial charge in [0.05, 0.1) is 0 Å². The van der Waals surface area contributed by atoms with Crippen molar-refractivity contribution in [1.82, 2.24) is 10.3 Å². The van der Waals surface area contributed by atoms with Crippen molar-refractivity contribution >= 4 is 11.3 Å². The minimum absolute atomic E-state index is 0.440. The maximum absolute atomic E-state index is 4.24. The molecule has 0 amide bonds. The Morgan fingerprint density at radius 3 is 3.10 bits per heavy atom. The zero-order valence-electron chi connectivity index (χ0n) is 12.1. The monoisotopic (exact) mass is 286 g/mol. The molecule has 106 valence electrons. The van der Waals surface area contributed by atoms with Gasteiger partial charge in [-0.25, -0.2) is 0 Å². The molecule has 2 aromatic heterocycles. The molecule has 0 aromatic carbocycles. The van der Waals surface area contributed by atoms with Crippen LogP contribution in [0.25, 0.3) is 0 Å². The summed E-state index contributed by atoms with van der Waals surface area (Å²) in [5.41, 5.74) is 2.91. The maximum Gasteiger partial charge on any atom is 0.0456 e. The van der Waals surface area contributed by atoms with Gasteiger partial charge in [-0.05, 0) is 61.9 Å². The average Bonchev–Trinajstić information content (AvgIpc) is 3.05. The molecule has 0 bridgehead atoms. The van der Waals surface area contributed by atoms with Gasteiger partial charge in [0.1, 0.15) is 0 Å². The SMILES string of the molecule is CCCNC(Cc1cccnc1)c1cc2c(s1)CCC2. The Bertz CT molecular complexity index is 526. The van der Waals surface area contributed by atoms with Gasteiger partial charge in [0, 0.05) is 28.2 Å². The first-order valence-corrected chi connectivity index (χ1v) is 8.42. The first kappa shape index (κ1) is 13.8. The summed E-state index contributed by atoms with van der Waals surface area (Å²) in [6.07, 6.45) is 9.95. The predicted octanol–water partition coefficient (Wildman–Crippen LogP) is 3.92. The Morgan fingerprint density at radius 2 is 2.35 bits per heavy atom. The molecule has 0 saturated carbocycles. The maximum atomic E-state index is 4.24. The van der Waals surface area contributed by atoms with Gasteiger partial charge in [-0.15, -0.1) is 11.3 Å². The van der Waals surface area contributed by atoms with Crippen molar-refractivity contribution < 1.29 is 0 Å². The molecule has 0 radical (unpaired) electrons. The van der Waals surface area contributed by atoms with Crippen LogP contribution in [0.2, 0.25) is 0 Å². The van der Waals surface area contributed by atoms with E-state index in [4.69, 9.17) is 0 Å². The summed E-state index contributed by atoms with van der Waals surface area (Å²) in [5.74, 6) is 0. The summed E-state index contributed by atoms with van der Waals surface area (Å²) in [5, 5.41) is 3.71. The van der Waals surface area contributed by atoms with Crippen LogP contribution in [-0.2, 0) is 19.3 Å². The second-order valence-electron chi connectivity index (χ2n) is 5.52. The van der Waals surface area contributed by atoms with Gasteiger partial charge in [0.25, 0.3) is 0 Å². The van der Waals surface area contributed by atoms with Crippen LogP contribution in [0.3, 0.4) is 0 Å². The lowest BCUT2D eigenvalue weighted by molar-refractivity contribution is 0.536. The number of nitrogens with zero attached hydrogens (tertiary/aromatic N) is 1. The van der Waals surface area contributed by atoms with E-state index in [1.165, 1.54) is 36.1 Å². The van der Waals surface area contributed by atoms with Crippen molar-refractivity contribution in [3.63, 3.8) is 0 Å². The molecule has 0 spiro atoms. The van der Waals surface area contributed by atoms with Gasteiger partial charge in [0.2, 0.25) is 0 Å². The van der Waals surface area contributed by atoms with Gasteiger partial charge in [-0.3, -0.25) is 4.98 Å². The van der Waals surface area contributed by atoms with E-state index in [9.17, 15) is 0 Å². The van der Waals surface area contributed by atoms with Crippen molar-refractivity contribution in [3.8, 4) is 0 Å². The lowest BCUT2D eigenvalue weighted by atomic mass is 10.1. The topological polar surface area (TPSA) is 24.9 Å². The van der Waals surface area contributed by atoms with Gasteiger partial charge in [-0.1, -0.05) is 13.0 Å². The van der Waals surface area contributed by atoms with E-state index in [1.54, 1.807) is 10.4 Å². The third kappa shape index (κ3) is 3.10. The van der Waals surface area contributed by atoms with Crippen LogP contribution in [0.4, 0.5) is 0 Å². The molecule has 2 heterocycles. The Balaban J connectivity index is 1.78. The number of fused-ring (bicyclic) bond motifs is 1. The molecule has 2 nitrogen and oxygen atoms in total. The molecule has 0 fully saturated rings. The van der Waals surface area contributed by atoms with Crippen LogP contribution in [0, 0.1) is 0 Å². The molecule has 1 atom stereocenters. The number of thiophene rings is 1. The minimum Gasteiger partial charge on any atom is -0.309 e. The third-order valence-electron chi connectivity index (χ3n) is 3.91. The molecule has 0 saturated heterocycles. The molecule has 2 aromatic rings. The number of hydrogen-bond donors (Lipinski definition) is 1. The van der Waals surface area contributed by atoms with E-state index in [0.29, 0.717) is 6.04 Å². The van der Waals surface area contributed by atoms with Crippen LogP contribution < -0.4 is 5.32 Å². The Morgan fingerprint density at radius 1 is 1.40 bits per heavy atom. The van der Waals surface area contributed by atoms with Crippen LogP contribution in [0.15, 0.2) is 30.6 Å². The predicted molar refractivity (Wildman–Crippen MR) is 85.3 cm³/mol. The van der Waals surface area contributed by atoms with Crippen molar-refractivity contribution in [2.75, 3.05) is 6.54 Å². The largest absolute Gasteiger partial charge is 0.309 e. The molecule has 0 aliphatic heterocycles. The van der Waals surface area contributed by atoms with Crippen LogP contribution in [0.5, 0.6) is 0 Å². The third-order valence-corrected chi connectivity index (χ3v) is 5.26. The molecule has 20 heavy (non-hydrogen) atoms. The molecular weight excluding hydrogens is 264 g/mol. The molecule has 1 N–H and O–H groups in total. The first-order chi connectivity index (χ1) is 9.86. The van der Waals surface area contributed by atoms with E-state index in [2.05, 4.69) is 29.4 Å². The lowest BCUT2D eigenvalue weighted by Gasteiger charge is -2.17. The second kappa shape index (κ2) is 6.51. The van der Waals surface area contributed by atoms with E-state index in [-0.39, 0.29) is 0 Å². The molecule has 3 heteroatoms. The smallest absolute Gasteiger partial charge is 0.0456 e. The quantitative estimate of drug-likeness (QED) is 0.870.